The average Bonchev–Trinajstić information content (AvgIpc) is 3.07. The van der Waals surface area contributed by atoms with Gasteiger partial charge >= 0.3 is 0 Å². The van der Waals surface area contributed by atoms with Crippen molar-refractivity contribution < 1.29 is 4.74 Å². The van der Waals surface area contributed by atoms with Crippen LogP contribution in [-0.4, -0.2) is 29.2 Å². The normalized spacial score (nSPS) is 17.2. The van der Waals surface area contributed by atoms with Crippen molar-refractivity contribution in [3.05, 3.63) is 36.7 Å². The van der Waals surface area contributed by atoms with Crippen LogP contribution in [0.1, 0.15) is 12.8 Å². The van der Waals surface area contributed by atoms with Gasteiger partial charge in [-0.1, -0.05) is 18.2 Å². The van der Waals surface area contributed by atoms with Crippen molar-refractivity contribution in [2.75, 3.05) is 35.1 Å². The van der Waals surface area contributed by atoms with Gasteiger partial charge < -0.3 is 15.8 Å². The number of nitrogens with two attached hydrogens (primary N) is 1. The Labute approximate surface area is 129 Å². The summed E-state index contributed by atoms with van der Waals surface area (Å²) in [5.41, 5.74) is 13.6. The highest BCUT2D eigenvalue weighted by molar-refractivity contribution is 5.74. The minimum Gasteiger partial charge on any atom is -0.393 e. The zero-order valence-corrected chi connectivity index (χ0v) is 12.2. The predicted octanol–water partition coefficient (Wildman–Crippen LogP) is 2.09. The zero-order chi connectivity index (χ0) is 15.2. The van der Waals surface area contributed by atoms with Gasteiger partial charge in [0.15, 0.2) is 11.6 Å². The van der Waals surface area contributed by atoms with E-state index < -0.39 is 0 Å². The van der Waals surface area contributed by atoms with Gasteiger partial charge in [-0.05, 0) is 25.0 Å². The fourth-order valence-corrected chi connectivity index (χ4v) is 2.30. The van der Waals surface area contributed by atoms with Crippen LogP contribution in [0, 0.1) is 0 Å². The monoisotopic (exact) mass is 300 g/mol. The highest BCUT2D eigenvalue weighted by atomic mass is 16.5. The Kier molecular flexibility index (Phi) is 4.55. The van der Waals surface area contributed by atoms with Crippen LogP contribution in [0.2, 0.25) is 0 Å². The number of aromatic nitrogens is 2. The fourth-order valence-electron chi connectivity index (χ4n) is 2.30. The lowest BCUT2D eigenvalue weighted by atomic mass is 10.2. The van der Waals surface area contributed by atoms with E-state index in [0.29, 0.717) is 23.9 Å². The van der Waals surface area contributed by atoms with Crippen molar-refractivity contribution >= 4 is 23.0 Å². The number of anilines is 4. The molecule has 2 aromatic rings. The molecule has 1 aliphatic rings. The molecule has 0 amide bonds. The highest BCUT2D eigenvalue weighted by Gasteiger charge is 2.16. The summed E-state index contributed by atoms with van der Waals surface area (Å²) in [4.78, 5) is 8.34. The molecule has 0 bridgehead atoms. The van der Waals surface area contributed by atoms with Crippen molar-refractivity contribution in [1.29, 1.82) is 0 Å². The molecule has 116 valence electrons. The van der Waals surface area contributed by atoms with Crippen LogP contribution in [0.4, 0.5) is 23.0 Å². The number of nitrogen functional groups attached to an aromatic ring is 1. The minimum absolute atomic E-state index is 0.230. The maximum atomic E-state index is 6.10. The molecule has 0 aliphatic carbocycles. The summed E-state index contributed by atoms with van der Waals surface area (Å²) in [7, 11) is 0. The first-order valence-electron chi connectivity index (χ1n) is 7.36. The van der Waals surface area contributed by atoms with Crippen molar-refractivity contribution in [3.8, 4) is 0 Å². The summed E-state index contributed by atoms with van der Waals surface area (Å²) in [5.74, 6) is 1.15. The Morgan fingerprint density at radius 1 is 1.14 bits per heavy atom. The molecule has 0 radical (unpaired) electrons. The molecule has 1 atom stereocenters. The maximum Gasteiger partial charge on any atom is 0.173 e. The molecule has 3 rings (SSSR count). The zero-order valence-electron chi connectivity index (χ0n) is 12.2. The van der Waals surface area contributed by atoms with E-state index in [4.69, 9.17) is 10.5 Å². The van der Waals surface area contributed by atoms with Gasteiger partial charge in [-0.15, -0.1) is 0 Å². The average molecular weight is 300 g/mol. The number of hydrazine groups is 1. The molecule has 2 heterocycles. The van der Waals surface area contributed by atoms with E-state index in [9.17, 15) is 0 Å². The Hall–Kier alpha value is -2.54. The molecule has 1 saturated heterocycles. The van der Waals surface area contributed by atoms with Crippen LogP contribution in [0.5, 0.6) is 0 Å². The number of nitrogens with one attached hydrogen (secondary N) is 3. The fraction of sp³-hybridized carbons (Fsp3) is 0.333. The summed E-state index contributed by atoms with van der Waals surface area (Å²) in [5, 5.41) is 3.22. The standard InChI is InChI=1S/C15H20N6O/c16-13-14(17-9-12-7-4-8-22-12)18-10-19-15(13)21-20-11-5-2-1-3-6-11/h1-3,5-6,10,12,20H,4,7-9,16H2,(H2,17,18,19,21). The molecule has 22 heavy (non-hydrogen) atoms. The Morgan fingerprint density at radius 3 is 2.73 bits per heavy atom. The second kappa shape index (κ2) is 6.95. The van der Waals surface area contributed by atoms with E-state index in [1.807, 2.05) is 30.3 Å². The summed E-state index contributed by atoms with van der Waals surface area (Å²) >= 11 is 0. The van der Waals surface area contributed by atoms with E-state index in [1.54, 1.807) is 0 Å². The van der Waals surface area contributed by atoms with Gasteiger partial charge in [0.1, 0.15) is 12.0 Å². The lowest BCUT2D eigenvalue weighted by Crippen LogP contribution is -2.20. The van der Waals surface area contributed by atoms with Crippen LogP contribution in [0.15, 0.2) is 36.7 Å². The van der Waals surface area contributed by atoms with Crippen molar-refractivity contribution in [1.82, 2.24) is 9.97 Å². The molecular weight excluding hydrogens is 280 g/mol. The summed E-state index contributed by atoms with van der Waals surface area (Å²) in [6.07, 6.45) is 3.88. The lowest BCUT2D eigenvalue weighted by molar-refractivity contribution is 0.120. The quantitative estimate of drug-likeness (QED) is 0.606. The number of rotatable bonds is 6. The van der Waals surface area contributed by atoms with Gasteiger partial charge in [0, 0.05) is 13.2 Å². The van der Waals surface area contributed by atoms with Gasteiger partial charge in [-0.25, -0.2) is 9.97 Å². The van der Waals surface area contributed by atoms with Gasteiger partial charge in [0.05, 0.1) is 11.8 Å². The number of benzene rings is 1. The SMILES string of the molecule is Nc1c(NCC2CCCO2)ncnc1NNc1ccccc1. The third-order valence-electron chi connectivity index (χ3n) is 3.50. The third-order valence-corrected chi connectivity index (χ3v) is 3.50. The van der Waals surface area contributed by atoms with E-state index in [2.05, 4.69) is 26.1 Å². The lowest BCUT2D eigenvalue weighted by Gasteiger charge is -2.15. The third kappa shape index (κ3) is 3.56. The van der Waals surface area contributed by atoms with Gasteiger partial charge in [0.25, 0.3) is 0 Å². The number of nitrogens with zero attached hydrogens (tertiary/aromatic N) is 2. The molecule has 0 spiro atoms. The first-order valence-corrected chi connectivity index (χ1v) is 7.36. The van der Waals surface area contributed by atoms with E-state index in [1.165, 1.54) is 6.33 Å². The Morgan fingerprint density at radius 2 is 1.95 bits per heavy atom. The van der Waals surface area contributed by atoms with Crippen LogP contribution in [0.25, 0.3) is 0 Å². The second-order valence-corrected chi connectivity index (χ2v) is 5.12. The van der Waals surface area contributed by atoms with Crippen molar-refractivity contribution in [2.24, 2.45) is 0 Å². The minimum atomic E-state index is 0.230. The van der Waals surface area contributed by atoms with Crippen LogP contribution in [-0.2, 0) is 4.74 Å². The first-order chi connectivity index (χ1) is 10.8. The van der Waals surface area contributed by atoms with E-state index in [0.717, 1.165) is 25.1 Å². The topological polar surface area (TPSA) is 97.1 Å². The first kappa shape index (κ1) is 14.4. The second-order valence-electron chi connectivity index (χ2n) is 5.12. The van der Waals surface area contributed by atoms with E-state index in [-0.39, 0.29) is 6.10 Å². The van der Waals surface area contributed by atoms with Crippen LogP contribution < -0.4 is 21.9 Å². The summed E-state index contributed by atoms with van der Waals surface area (Å²) < 4.78 is 5.58. The molecule has 1 aliphatic heterocycles. The Bertz CT molecular complexity index is 600. The van der Waals surface area contributed by atoms with Gasteiger partial charge in [-0.2, -0.15) is 0 Å². The molecule has 7 heteroatoms. The van der Waals surface area contributed by atoms with E-state index >= 15 is 0 Å². The number of hydrogen-bond acceptors (Lipinski definition) is 7. The molecule has 5 N–H and O–H groups in total. The van der Waals surface area contributed by atoms with Crippen molar-refractivity contribution in [3.63, 3.8) is 0 Å². The van der Waals surface area contributed by atoms with Crippen LogP contribution >= 0.6 is 0 Å². The largest absolute Gasteiger partial charge is 0.393 e. The number of ether oxygens (including phenoxy) is 1. The molecule has 1 unspecified atom stereocenters. The maximum absolute atomic E-state index is 6.10. The smallest absolute Gasteiger partial charge is 0.173 e. The summed E-state index contributed by atoms with van der Waals surface area (Å²) in [6.45, 7) is 1.53. The highest BCUT2D eigenvalue weighted by Crippen LogP contribution is 2.23. The number of para-hydroxylation sites is 1. The van der Waals surface area contributed by atoms with Crippen LogP contribution in [0.3, 0.4) is 0 Å². The Balaban J connectivity index is 1.61. The van der Waals surface area contributed by atoms with Crippen molar-refractivity contribution in [2.45, 2.75) is 18.9 Å². The van der Waals surface area contributed by atoms with Gasteiger partial charge in [-0.3, -0.25) is 10.9 Å². The summed E-state index contributed by atoms with van der Waals surface area (Å²) in [6, 6.07) is 9.74. The molecule has 0 saturated carbocycles. The molecule has 1 aromatic heterocycles. The predicted molar refractivity (Wildman–Crippen MR) is 87.6 cm³/mol. The molecule has 1 fully saturated rings. The van der Waals surface area contributed by atoms with Gasteiger partial charge in [0.2, 0.25) is 0 Å². The molecular formula is C15H20N6O. The number of hydrogen-bond donors (Lipinski definition) is 4. The molecule has 7 nitrogen and oxygen atoms in total. The molecule has 1 aromatic carbocycles.